The number of amides is 2. The standard InChI is InChI=1S/C31H40Cl3FN4O2/c1-37(2)30(41)31(13-15-36-16-14-31)39-17-5-4-6-24(39)10-7-22(21-8-11-26(33)27(34)18-21)20-38(3)29(40)25-19-23(32)9-12-28(25)35/h8-9,11-12,18-19,22,24,36H,4-7,10,13-17,20H2,1-3H3. The lowest BCUT2D eigenvalue weighted by Crippen LogP contribution is -2.66. The number of halogens is 4. The molecule has 2 saturated heterocycles. The van der Waals surface area contributed by atoms with Gasteiger partial charge in [-0.25, -0.2) is 4.39 Å². The second kappa shape index (κ2) is 14.0. The molecule has 2 atom stereocenters. The van der Waals surface area contributed by atoms with Gasteiger partial charge in [0.15, 0.2) is 0 Å². The number of likely N-dealkylation sites (N-methyl/N-ethyl adjacent to an activating group) is 2. The average molecular weight is 626 g/mol. The van der Waals surface area contributed by atoms with Crippen LogP contribution in [0.2, 0.25) is 15.1 Å². The van der Waals surface area contributed by atoms with Gasteiger partial charge >= 0.3 is 0 Å². The Hall–Kier alpha value is -1.90. The Morgan fingerprint density at radius 2 is 1.78 bits per heavy atom. The maximum Gasteiger partial charge on any atom is 0.256 e. The normalized spacial score (nSPS) is 19.9. The molecule has 0 aliphatic carbocycles. The van der Waals surface area contributed by atoms with E-state index in [4.69, 9.17) is 34.8 Å². The van der Waals surface area contributed by atoms with Crippen molar-refractivity contribution in [2.45, 2.75) is 62.4 Å². The molecule has 0 saturated carbocycles. The minimum atomic E-state index is -0.604. The Morgan fingerprint density at radius 3 is 2.46 bits per heavy atom. The fourth-order valence-electron chi connectivity index (χ4n) is 6.55. The number of carbonyl (C=O) groups excluding carboxylic acids is 2. The number of benzene rings is 2. The maximum atomic E-state index is 14.5. The first-order valence-electron chi connectivity index (χ1n) is 14.4. The fraction of sp³-hybridized carbons (Fsp3) is 0.548. The van der Waals surface area contributed by atoms with Gasteiger partial charge in [0.25, 0.3) is 5.91 Å². The van der Waals surface area contributed by atoms with Gasteiger partial charge in [-0.15, -0.1) is 0 Å². The fourth-order valence-corrected chi connectivity index (χ4v) is 7.03. The molecule has 4 rings (SSSR count). The van der Waals surface area contributed by atoms with E-state index in [1.807, 2.05) is 26.2 Å². The zero-order valence-electron chi connectivity index (χ0n) is 24.1. The molecule has 0 radical (unpaired) electrons. The van der Waals surface area contributed by atoms with Crippen molar-refractivity contribution in [2.75, 3.05) is 47.3 Å². The summed E-state index contributed by atoms with van der Waals surface area (Å²) in [7, 11) is 5.38. The van der Waals surface area contributed by atoms with Crippen LogP contribution in [0.4, 0.5) is 4.39 Å². The number of rotatable bonds is 9. The molecule has 2 amide bonds. The van der Waals surface area contributed by atoms with Crippen molar-refractivity contribution in [3.63, 3.8) is 0 Å². The van der Waals surface area contributed by atoms with Crippen LogP contribution >= 0.6 is 34.8 Å². The second-order valence-corrected chi connectivity index (χ2v) is 12.8. The second-order valence-electron chi connectivity index (χ2n) is 11.6. The van der Waals surface area contributed by atoms with Crippen LogP contribution in [-0.4, -0.2) is 85.4 Å². The topological polar surface area (TPSA) is 55.9 Å². The predicted octanol–water partition coefficient (Wildman–Crippen LogP) is 6.49. The zero-order valence-corrected chi connectivity index (χ0v) is 26.3. The van der Waals surface area contributed by atoms with E-state index in [9.17, 15) is 14.0 Å². The third kappa shape index (κ3) is 7.37. The lowest BCUT2D eigenvalue weighted by atomic mass is 9.80. The molecule has 2 aliphatic heterocycles. The summed E-state index contributed by atoms with van der Waals surface area (Å²) < 4.78 is 14.5. The average Bonchev–Trinajstić information content (AvgIpc) is 2.97. The third-order valence-corrected chi connectivity index (χ3v) is 9.65. The summed E-state index contributed by atoms with van der Waals surface area (Å²) in [6.45, 7) is 2.90. The van der Waals surface area contributed by atoms with E-state index >= 15 is 0 Å². The van der Waals surface area contributed by atoms with E-state index in [0.717, 1.165) is 70.1 Å². The Morgan fingerprint density at radius 1 is 1.05 bits per heavy atom. The Balaban J connectivity index is 1.58. The maximum absolute atomic E-state index is 14.5. The van der Waals surface area contributed by atoms with Gasteiger partial charge in [0.2, 0.25) is 5.91 Å². The molecule has 2 aliphatic rings. The molecule has 2 aromatic rings. The monoisotopic (exact) mass is 624 g/mol. The molecule has 2 heterocycles. The molecule has 224 valence electrons. The highest BCUT2D eigenvalue weighted by molar-refractivity contribution is 6.42. The van der Waals surface area contributed by atoms with Gasteiger partial charge in [-0.2, -0.15) is 0 Å². The molecule has 41 heavy (non-hydrogen) atoms. The highest BCUT2D eigenvalue weighted by Crippen LogP contribution is 2.38. The van der Waals surface area contributed by atoms with Crippen molar-refractivity contribution < 1.29 is 14.0 Å². The SMILES string of the molecule is CN(C)C(=O)C1(N2CCCCC2CCC(CN(C)C(=O)c2cc(Cl)ccc2F)c2ccc(Cl)c(Cl)c2)CCNCC1. The van der Waals surface area contributed by atoms with Crippen molar-refractivity contribution in [3.8, 4) is 0 Å². The largest absolute Gasteiger partial charge is 0.347 e. The van der Waals surface area contributed by atoms with E-state index in [-0.39, 0.29) is 23.4 Å². The molecule has 0 spiro atoms. The first kappa shape index (κ1) is 32.0. The van der Waals surface area contributed by atoms with Crippen LogP contribution in [0.3, 0.4) is 0 Å². The summed E-state index contributed by atoms with van der Waals surface area (Å²) in [5.74, 6) is -0.924. The van der Waals surface area contributed by atoms with Crippen LogP contribution in [0.15, 0.2) is 36.4 Å². The number of carbonyl (C=O) groups is 2. The van der Waals surface area contributed by atoms with E-state index in [2.05, 4.69) is 10.2 Å². The van der Waals surface area contributed by atoms with Crippen molar-refractivity contribution >= 4 is 46.6 Å². The summed E-state index contributed by atoms with van der Waals surface area (Å²) in [5.41, 5.74) is 0.408. The summed E-state index contributed by atoms with van der Waals surface area (Å²) in [6, 6.07) is 9.82. The number of nitrogens with one attached hydrogen (secondary N) is 1. The Labute approximate surface area is 258 Å². The van der Waals surface area contributed by atoms with Crippen LogP contribution in [-0.2, 0) is 4.79 Å². The van der Waals surface area contributed by atoms with Crippen LogP contribution in [0.1, 0.15) is 66.8 Å². The van der Waals surface area contributed by atoms with E-state index in [1.54, 1.807) is 22.9 Å². The molecule has 2 fully saturated rings. The smallest absolute Gasteiger partial charge is 0.256 e. The highest BCUT2D eigenvalue weighted by atomic mass is 35.5. The number of hydrogen-bond acceptors (Lipinski definition) is 4. The van der Waals surface area contributed by atoms with Gasteiger partial charge in [-0.05, 0) is 94.1 Å². The van der Waals surface area contributed by atoms with Crippen molar-refractivity contribution in [1.82, 2.24) is 20.0 Å². The number of hydrogen-bond donors (Lipinski definition) is 1. The van der Waals surface area contributed by atoms with Crippen molar-refractivity contribution in [3.05, 3.63) is 68.4 Å². The molecule has 10 heteroatoms. The van der Waals surface area contributed by atoms with E-state index in [0.29, 0.717) is 21.6 Å². The quantitative estimate of drug-likeness (QED) is 0.346. The Bertz CT molecular complexity index is 1240. The molecule has 0 bridgehead atoms. The van der Waals surface area contributed by atoms with E-state index < -0.39 is 17.3 Å². The molecule has 6 nitrogen and oxygen atoms in total. The zero-order chi connectivity index (χ0) is 29.7. The van der Waals surface area contributed by atoms with Crippen molar-refractivity contribution in [2.24, 2.45) is 0 Å². The predicted molar refractivity (Wildman–Crippen MR) is 165 cm³/mol. The van der Waals surface area contributed by atoms with Gasteiger partial charge in [-0.3, -0.25) is 14.5 Å². The van der Waals surface area contributed by atoms with Gasteiger partial charge in [0, 0.05) is 44.7 Å². The third-order valence-electron chi connectivity index (χ3n) is 8.68. The van der Waals surface area contributed by atoms with Gasteiger partial charge < -0.3 is 15.1 Å². The van der Waals surface area contributed by atoms with Crippen molar-refractivity contribution in [1.29, 1.82) is 0 Å². The van der Waals surface area contributed by atoms with Gasteiger partial charge in [0.05, 0.1) is 15.6 Å². The first-order chi connectivity index (χ1) is 19.5. The van der Waals surface area contributed by atoms with Crippen LogP contribution in [0.25, 0.3) is 0 Å². The molecule has 2 aromatic carbocycles. The molecule has 0 aromatic heterocycles. The summed E-state index contributed by atoms with van der Waals surface area (Å²) in [6.07, 6.45) is 6.42. The number of nitrogens with zero attached hydrogens (tertiary/aromatic N) is 3. The first-order valence-corrected chi connectivity index (χ1v) is 15.5. The Kier molecular flexibility index (Phi) is 11.0. The molecule has 2 unspecified atom stereocenters. The lowest BCUT2D eigenvalue weighted by molar-refractivity contribution is -0.148. The summed E-state index contributed by atoms with van der Waals surface area (Å²) in [4.78, 5) is 32.7. The van der Waals surface area contributed by atoms with Crippen LogP contribution in [0, 0.1) is 5.82 Å². The minimum Gasteiger partial charge on any atom is -0.347 e. The minimum absolute atomic E-state index is 0.0543. The summed E-state index contributed by atoms with van der Waals surface area (Å²) >= 11 is 18.7. The van der Waals surface area contributed by atoms with Crippen LogP contribution < -0.4 is 5.32 Å². The summed E-state index contributed by atoms with van der Waals surface area (Å²) in [5, 5.41) is 4.65. The molecule has 1 N–H and O–H groups in total. The number of piperidine rings is 2. The number of likely N-dealkylation sites (tertiary alicyclic amines) is 1. The van der Waals surface area contributed by atoms with Crippen LogP contribution in [0.5, 0.6) is 0 Å². The molecular formula is C31H40Cl3FN4O2. The lowest BCUT2D eigenvalue weighted by Gasteiger charge is -2.51. The van der Waals surface area contributed by atoms with Gasteiger partial charge in [-0.1, -0.05) is 47.3 Å². The van der Waals surface area contributed by atoms with E-state index in [1.165, 1.54) is 18.2 Å². The highest BCUT2D eigenvalue weighted by Gasteiger charge is 2.48. The van der Waals surface area contributed by atoms with Gasteiger partial charge in [0.1, 0.15) is 11.4 Å². The molecular weight excluding hydrogens is 586 g/mol.